The van der Waals surface area contributed by atoms with Crippen LogP contribution in [0.4, 0.5) is 0 Å². The van der Waals surface area contributed by atoms with Gasteiger partial charge >= 0.3 is 0 Å². The minimum atomic E-state index is -0.248. The predicted molar refractivity (Wildman–Crippen MR) is 45.7 cm³/mol. The summed E-state index contributed by atoms with van der Waals surface area (Å²) < 4.78 is 5.14. The fourth-order valence-electron chi connectivity index (χ4n) is 0.755. The van der Waals surface area contributed by atoms with E-state index in [4.69, 9.17) is 9.84 Å². The van der Waals surface area contributed by atoms with Crippen LogP contribution in [-0.2, 0) is 4.74 Å². The fourth-order valence-corrected chi connectivity index (χ4v) is 0.755. The number of ether oxygens (including phenoxy) is 1. The summed E-state index contributed by atoms with van der Waals surface area (Å²) in [5.74, 6) is 0. The first kappa shape index (κ1) is 10.9. The lowest BCUT2D eigenvalue weighted by atomic mass is 10.4. The van der Waals surface area contributed by atoms with Crippen LogP contribution in [0.15, 0.2) is 0 Å². The third-order valence-corrected chi connectivity index (χ3v) is 1.29. The summed E-state index contributed by atoms with van der Waals surface area (Å²) in [7, 11) is 0. The van der Waals surface area contributed by atoms with Crippen LogP contribution in [0.2, 0.25) is 0 Å². The Morgan fingerprint density at radius 3 is 2.82 bits per heavy atom. The van der Waals surface area contributed by atoms with Gasteiger partial charge in [-0.25, -0.2) is 0 Å². The van der Waals surface area contributed by atoms with Crippen molar-refractivity contribution in [3.05, 3.63) is 0 Å². The van der Waals surface area contributed by atoms with E-state index in [2.05, 4.69) is 5.32 Å². The van der Waals surface area contributed by atoms with Gasteiger partial charge in [0.15, 0.2) is 0 Å². The average molecular weight is 161 g/mol. The molecule has 0 rings (SSSR count). The van der Waals surface area contributed by atoms with Crippen LogP contribution in [0, 0.1) is 0 Å². The molecule has 0 aromatic rings. The third-order valence-electron chi connectivity index (χ3n) is 1.29. The maximum absolute atomic E-state index is 8.86. The van der Waals surface area contributed by atoms with Crippen LogP contribution in [0.1, 0.15) is 20.3 Å². The molecule has 3 nitrogen and oxygen atoms in total. The molecule has 0 radical (unpaired) electrons. The van der Waals surface area contributed by atoms with Gasteiger partial charge in [-0.15, -0.1) is 0 Å². The lowest BCUT2D eigenvalue weighted by Crippen LogP contribution is -2.25. The number of aliphatic hydroxyl groups is 1. The molecular weight excluding hydrogens is 142 g/mol. The van der Waals surface area contributed by atoms with Crippen LogP contribution >= 0.6 is 0 Å². The molecule has 0 saturated heterocycles. The zero-order valence-electron chi connectivity index (χ0n) is 7.47. The van der Waals surface area contributed by atoms with E-state index in [0.29, 0.717) is 6.54 Å². The molecule has 0 aliphatic heterocycles. The molecule has 0 aromatic heterocycles. The van der Waals surface area contributed by atoms with Gasteiger partial charge in [-0.1, -0.05) is 0 Å². The molecule has 0 bridgehead atoms. The first-order valence-electron chi connectivity index (χ1n) is 4.24. The second kappa shape index (κ2) is 7.98. The second-order valence-corrected chi connectivity index (χ2v) is 2.60. The number of hydrogen-bond donors (Lipinski definition) is 2. The molecule has 1 atom stereocenters. The Labute approximate surface area is 68.8 Å². The topological polar surface area (TPSA) is 41.5 Å². The fraction of sp³-hybridized carbons (Fsp3) is 1.00. The van der Waals surface area contributed by atoms with Crippen LogP contribution in [0.3, 0.4) is 0 Å². The van der Waals surface area contributed by atoms with Crippen LogP contribution < -0.4 is 5.32 Å². The number of hydrogen-bond acceptors (Lipinski definition) is 3. The van der Waals surface area contributed by atoms with Gasteiger partial charge in [0.2, 0.25) is 0 Å². The van der Waals surface area contributed by atoms with Crippen molar-refractivity contribution in [1.82, 2.24) is 5.32 Å². The Kier molecular flexibility index (Phi) is 7.89. The van der Waals surface area contributed by atoms with Gasteiger partial charge in [0.25, 0.3) is 0 Å². The molecule has 68 valence electrons. The molecule has 2 N–H and O–H groups in total. The monoisotopic (exact) mass is 161 g/mol. The predicted octanol–water partition coefficient (Wildman–Crippen LogP) is 0.383. The Balaban J connectivity index is 2.80. The quantitative estimate of drug-likeness (QED) is 0.530. The second-order valence-electron chi connectivity index (χ2n) is 2.60. The van der Waals surface area contributed by atoms with E-state index in [9.17, 15) is 0 Å². The molecule has 0 aliphatic carbocycles. The van der Waals surface area contributed by atoms with E-state index < -0.39 is 0 Å². The standard InChI is InChI=1S/C8H19NO2/c1-3-11-6-4-5-9-7-8(2)10/h8-10H,3-7H2,1-2H3. The van der Waals surface area contributed by atoms with Crippen LogP contribution in [-0.4, -0.2) is 37.5 Å². The number of aliphatic hydroxyl groups excluding tert-OH is 1. The van der Waals surface area contributed by atoms with Gasteiger partial charge in [0.1, 0.15) is 0 Å². The van der Waals surface area contributed by atoms with Gasteiger partial charge in [0, 0.05) is 19.8 Å². The Hall–Kier alpha value is -0.120. The molecule has 1 unspecified atom stereocenters. The van der Waals surface area contributed by atoms with Crippen molar-refractivity contribution in [2.75, 3.05) is 26.3 Å². The molecule has 0 amide bonds. The molecular formula is C8H19NO2. The SMILES string of the molecule is CCOCCCNCC(C)O. The van der Waals surface area contributed by atoms with Crippen LogP contribution in [0.25, 0.3) is 0 Å². The number of nitrogens with one attached hydrogen (secondary N) is 1. The van der Waals surface area contributed by atoms with Gasteiger partial charge in [-0.05, 0) is 26.8 Å². The first-order chi connectivity index (χ1) is 5.27. The first-order valence-corrected chi connectivity index (χ1v) is 4.24. The average Bonchev–Trinajstić information content (AvgIpc) is 1.96. The van der Waals surface area contributed by atoms with Crippen molar-refractivity contribution in [3.8, 4) is 0 Å². The highest BCUT2D eigenvalue weighted by atomic mass is 16.5. The minimum absolute atomic E-state index is 0.248. The summed E-state index contributed by atoms with van der Waals surface area (Å²) >= 11 is 0. The zero-order valence-corrected chi connectivity index (χ0v) is 7.47. The normalized spacial score (nSPS) is 13.4. The van der Waals surface area contributed by atoms with Crippen molar-refractivity contribution in [3.63, 3.8) is 0 Å². The lowest BCUT2D eigenvalue weighted by molar-refractivity contribution is 0.142. The summed E-state index contributed by atoms with van der Waals surface area (Å²) in [5, 5.41) is 12.0. The highest BCUT2D eigenvalue weighted by molar-refractivity contribution is 4.51. The minimum Gasteiger partial charge on any atom is -0.392 e. The Bertz CT molecular complexity index is 76.5. The molecule has 0 aliphatic rings. The molecule has 0 saturated carbocycles. The molecule has 0 fully saturated rings. The maximum atomic E-state index is 8.86. The Morgan fingerprint density at radius 1 is 1.55 bits per heavy atom. The molecule has 11 heavy (non-hydrogen) atoms. The zero-order chi connectivity index (χ0) is 8.53. The summed E-state index contributed by atoms with van der Waals surface area (Å²) in [6, 6.07) is 0. The maximum Gasteiger partial charge on any atom is 0.0636 e. The van der Waals surface area contributed by atoms with Crippen molar-refractivity contribution in [1.29, 1.82) is 0 Å². The lowest BCUT2D eigenvalue weighted by Gasteiger charge is -2.06. The van der Waals surface area contributed by atoms with Crippen molar-refractivity contribution in [2.45, 2.75) is 26.4 Å². The van der Waals surface area contributed by atoms with E-state index >= 15 is 0 Å². The van der Waals surface area contributed by atoms with Crippen molar-refractivity contribution >= 4 is 0 Å². The van der Waals surface area contributed by atoms with Gasteiger partial charge in [-0.3, -0.25) is 0 Å². The van der Waals surface area contributed by atoms with Crippen molar-refractivity contribution in [2.24, 2.45) is 0 Å². The van der Waals surface area contributed by atoms with Gasteiger partial charge in [-0.2, -0.15) is 0 Å². The van der Waals surface area contributed by atoms with E-state index in [-0.39, 0.29) is 6.10 Å². The Morgan fingerprint density at radius 2 is 2.27 bits per heavy atom. The summed E-state index contributed by atoms with van der Waals surface area (Å²) in [6.45, 7) is 6.95. The molecule has 0 spiro atoms. The third kappa shape index (κ3) is 9.88. The summed E-state index contributed by atoms with van der Waals surface area (Å²) in [5.41, 5.74) is 0. The van der Waals surface area contributed by atoms with E-state index in [1.54, 1.807) is 6.92 Å². The summed E-state index contributed by atoms with van der Waals surface area (Å²) in [6.07, 6.45) is 0.766. The molecule has 3 heteroatoms. The molecule has 0 heterocycles. The smallest absolute Gasteiger partial charge is 0.0636 e. The van der Waals surface area contributed by atoms with Gasteiger partial charge < -0.3 is 15.2 Å². The number of rotatable bonds is 7. The van der Waals surface area contributed by atoms with E-state index in [1.807, 2.05) is 6.92 Å². The highest BCUT2D eigenvalue weighted by Crippen LogP contribution is 1.81. The summed E-state index contributed by atoms with van der Waals surface area (Å²) in [4.78, 5) is 0. The largest absolute Gasteiger partial charge is 0.392 e. The van der Waals surface area contributed by atoms with Gasteiger partial charge in [0.05, 0.1) is 6.10 Å². The van der Waals surface area contributed by atoms with E-state index in [1.165, 1.54) is 0 Å². The van der Waals surface area contributed by atoms with Crippen molar-refractivity contribution < 1.29 is 9.84 Å². The highest BCUT2D eigenvalue weighted by Gasteiger charge is 1.92. The van der Waals surface area contributed by atoms with Crippen LogP contribution in [0.5, 0.6) is 0 Å². The molecule has 0 aromatic carbocycles. The van der Waals surface area contributed by atoms with E-state index in [0.717, 1.165) is 26.2 Å².